The Balaban J connectivity index is 2.56. The van der Waals surface area contributed by atoms with Crippen molar-refractivity contribution in [3.05, 3.63) is 54.6 Å². The maximum atomic E-state index is 14.0. The fourth-order valence-electron chi connectivity index (χ4n) is 1.78. The van der Waals surface area contributed by atoms with Gasteiger partial charge in [0.1, 0.15) is 11.6 Å². The SMILES string of the molecule is CNC(c1cscc1Br)c1c(F)cc(Br)cc1F. The molecule has 0 aliphatic heterocycles. The van der Waals surface area contributed by atoms with Crippen LogP contribution in [0.25, 0.3) is 0 Å². The van der Waals surface area contributed by atoms with E-state index in [9.17, 15) is 8.78 Å². The summed E-state index contributed by atoms with van der Waals surface area (Å²) < 4.78 is 29.1. The molecule has 1 aromatic carbocycles. The summed E-state index contributed by atoms with van der Waals surface area (Å²) in [6.45, 7) is 0. The molecule has 0 amide bonds. The lowest BCUT2D eigenvalue weighted by Gasteiger charge is -2.18. The van der Waals surface area contributed by atoms with Crippen LogP contribution in [0.15, 0.2) is 31.8 Å². The zero-order valence-electron chi connectivity index (χ0n) is 9.31. The molecule has 1 unspecified atom stereocenters. The van der Waals surface area contributed by atoms with E-state index < -0.39 is 17.7 Å². The summed E-state index contributed by atoms with van der Waals surface area (Å²) in [5, 5.41) is 6.69. The van der Waals surface area contributed by atoms with Crippen molar-refractivity contribution in [2.45, 2.75) is 6.04 Å². The van der Waals surface area contributed by atoms with Gasteiger partial charge < -0.3 is 5.32 Å². The molecule has 0 bridgehead atoms. The number of thiophene rings is 1. The quantitative estimate of drug-likeness (QED) is 0.781. The fourth-order valence-corrected chi connectivity index (χ4v) is 3.74. The Bertz CT molecular complexity index is 548. The molecule has 1 N–H and O–H groups in total. The summed E-state index contributed by atoms with van der Waals surface area (Å²) >= 11 is 7.94. The van der Waals surface area contributed by atoms with Crippen molar-refractivity contribution in [2.24, 2.45) is 0 Å². The van der Waals surface area contributed by atoms with Crippen molar-refractivity contribution in [2.75, 3.05) is 7.05 Å². The molecular formula is C12H9Br2F2NS. The van der Waals surface area contributed by atoms with Crippen molar-refractivity contribution >= 4 is 43.2 Å². The van der Waals surface area contributed by atoms with Crippen molar-refractivity contribution < 1.29 is 8.78 Å². The van der Waals surface area contributed by atoms with E-state index in [0.29, 0.717) is 4.47 Å². The van der Waals surface area contributed by atoms with E-state index in [1.165, 1.54) is 23.5 Å². The Kier molecular flexibility index (Phi) is 4.53. The molecule has 0 spiro atoms. The molecule has 0 aliphatic carbocycles. The minimum absolute atomic E-state index is 0.0276. The first-order valence-corrected chi connectivity index (χ1v) is 7.60. The highest BCUT2D eigenvalue weighted by Crippen LogP contribution is 2.34. The van der Waals surface area contributed by atoms with Crippen LogP contribution in [-0.2, 0) is 0 Å². The Morgan fingerprint density at radius 1 is 1.17 bits per heavy atom. The summed E-state index contributed by atoms with van der Waals surface area (Å²) in [6, 6.07) is 2.02. The van der Waals surface area contributed by atoms with Crippen LogP contribution in [0.2, 0.25) is 0 Å². The van der Waals surface area contributed by atoms with Crippen LogP contribution in [0.3, 0.4) is 0 Å². The molecule has 96 valence electrons. The van der Waals surface area contributed by atoms with Crippen LogP contribution >= 0.6 is 43.2 Å². The van der Waals surface area contributed by atoms with Crippen molar-refractivity contribution in [1.82, 2.24) is 5.32 Å². The van der Waals surface area contributed by atoms with Gasteiger partial charge in [0.05, 0.1) is 6.04 Å². The van der Waals surface area contributed by atoms with Gasteiger partial charge in [0.15, 0.2) is 0 Å². The molecule has 0 radical (unpaired) electrons. The maximum absolute atomic E-state index is 14.0. The molecule has 1 atom stereocenters. The van der Waals surface area contributed by atoms with Crippen LogP contribution < -0.4 is 5.32 Å². The molecule has 2 aromatic rings. The summed E-state index contributed by atoms with van der Waals surface area (Å²) in [7, 11) is 1.68. The molecule has 6 heteroatoms. The number of benzene rings is 1. The van der Waals surface area contributed by atoms with Crippen molar-refractivity contribution in [1.29, 1.82) is 0 Å². The minimum Gasteiger partial charge on any atom is -0.309 e. The summed E-state index contributed by atoms with van der Waals surface area (Å²) in [5.41, 5.74) is 0.849. The zero-order valence-corrected chi connectivity index (χ0v) is 13.3. The topological polar surface area (TPSA) is 12.0 Å². The third-order valence-corrected chi connectivity index (χ3v) is 4.78. The van der Waals surface area contributed by atoms with Gasteiger partial charge in [0.2, 0.25) is 0 Å². The van der Waals surface area contributed by atoms with Gasteiger partial charge in [0, 0.05) is 19.9 Å². The standard InChI is InChI=1S/C12H9Br2F2NS/c1-17-12(7-4-18-5-8(7)14)11-9(15)2-6(13)3-10(11)16/h2-5,12,17H,1H3. The normalized spacial score (nSPS) is 12.7. The number of rotatable bonds is 3. The van der Waals surface area contributed by atoms with E-state index in [0.717, 1.165) is 10.0 Å². The Morgan fingerprint density at radius 3 is 2.22 bits per heavy atom. The van der Waals surface area contributed by atoms with Gasteiger partial charge >= 0.3 is 0 Å². The second-order valence-electron chi connectivity index (χ2n) is 3.68. The molecule has 0 saturated heterocycles. The van der Waals surface area contributed by atoms with Crippen LogP contribution in [0.1, 0.15) is 17.2 Å². The maximum Gasteiger partial charge on any atom is 0.132 e. The highest BCUT2D eigenvalue weighted by atomic mass is 79.9. The second kappa shape index (κ2) is 5.77. The molecule has 1 aromatic heterocycles. The van der Waals surface area contributed by atoms with Gasteiger partial charge in [-0.1, -0.05) is 15.9 Å². The fraction of sp³-hybridized carbons (Fsp3) is 0.167. The smallest absolute Gasteiger partial charge is 0.132 e. The molecule has 1 nitrogen and oxygen atoms in total. The average Bonchev–Trinajstić information content (AvgIpc) is 2.69. The van der Waals surface area contributed by atoms with Gasteiger partial charge in [-0.05, 0) is 46.1 Å². The van der Waals surface area contributed by atoms with E-state index in [-0.39, 0.29) is 5.56 Å². The third-order valence-electron chi connectivity index (χ3n) is 2.57. The number of halogens is 4. The zero-order chi connectivity index (χ0) is 13.3. The highest BCUT2D eigenvalue weighted by molar-refractivity contribution is 9.10. The first-order valence-electron chi connectivity index (χ1n) is 5.08. The van der Waals surface area contributed by atoms with Gasteiger partial charge in [0.25, 0.3) is 0 Å². The third kappa shape index (κ3) is 2.66. The molecule has 0 saturated carbocycles. The van der Waals surface area contributed by atoms with Gasteiger partial charge in [-0.3, -0.25) is 0 Å². The Labute approximate surface area is 124 Å². The number of hydrogen-bond donors (Lipinski definition) is 1. The minimum atomic E-state index is -0.570. The number of hydrogen-bond acceptors (Lipinski definition) is 2. The predicted molar refractivity (Wildman–Crippen MR) is 77.0 cm³/mol. The van der Waals surface area contributed by atoms with Gasteiger partial charge in [-0.2, -0.15) is 11.3 Å². The summed E-state index contributed by atoms with van der Waals surface area (Å²) in [4.78, 5) is 0. The summed E-state index contributed by atoms with van der Waals surface area (Å²) in [5.74, 6) is -1.14. The van der Waals surface area contributed by atoms with Crippen LogP contribution in [-0.4, -0.2) is 7.05 Å². The molecule has 0 aliphatic rings. The van der Waals surface area contributed by atoms with Crippen molar-refractivity contribution in [3.8, 4) is 0 Å². The van der Waals surface area contributed by atoms with E-state index in [4.69, 9.17) is 0 Å². The van der Waals surface area contributed by atoms with E-state index in [2.05, 4.69) is 37.2 Å². The lowest BCUT2D eigenvalue weighted by molar-refractivity contribution is 0.521. The lowest BCUT2D eigenvalue weighted by Crippen LogP contribution is -2.20. The van der Waals surface area contributed by atoms with Gasteiger partial charge in [-0.25, -0.2) is 8.78 Å². The van der Waals surface area contributed by atoms with Crippen LogP contribution in [0.5, 0.6) is 0 Å². The largest absolute Gasteiger partial charge is 0.309 e. The monoisotopic (exact) mass is 395 g/mol. The first-order chi connectivity index (χ1) is 8.54. The lowest BCUT2D eigenvalue weighted by atomic mass is 10.0. The Morgan fingerprint density at radius 2 is 1.78 bits per heavy atom. The predicted octanol–water partition coefficient (Wildman–Crippen LogP) is 4.86. The van der Waals surface area contributed by atoms with Crippen LogP contribution in [0.4, 0.5) is 8.78 Å². The van der Waals surface area contributed by atoms with E-state index >= 15 is 0 Å². The highest BCUT2D eigenvalue weighted by Gasteiger charge is 2.23. The Hall–Kier alpha value is -0.300. The molecule has 2 rings (SSSR count). The molecule has 0 fully saturated rings. The number of nitrogens with one attached hydrogen (secondary N) is 1. The van der Waals surface area contributed by atoms with E-state index in [1.807, 2.05) is 10.8 Å². The molecule has 18 heavy (non-hydrogen) atoms. The average molecular weight is 397 g/mol. The first kappa shape index (κ1) is 14.1. The molecular weight excluding hydrogens is 388 g/mol. The summed E-state index contributed by atoms with van der Waals surface area (Å²) in [6.07, 6.45) is 0. The van der Waals surface area contributed by atoms with Crippen molar-refractivity contribution in [3.63, 3.8) is 0 Å². The van der Waals surface area contributed by atoms with Gasteiger partial charge in [-0.15, -0.1) is 0 Å². The van der Waals surface area contributed by atoms with E-state index in [1.54, 1.807) is 7.05 Å². The molecule has 1 heterocycles. The second-order valence-corrected chi connectivity index (χ2v) is 6.19. The van der Waals surface area contributed by atoms with Crippen LogP contribution in [0, 0.1) is 11.6 Å².